The Labute approximate surface area is 201 Å². The van der Waals surface area contributed by atoms with E-state index in [0.29, 0.717) is 5.92 Å². The Balaban J connectivity index is 1.63. The minimum Gasteiger partial charge on any atom is -0.393 e. The molecule has 0 aromatic heterocycles. The Morgan fingerprint density at radius 3 is 2.15 bits per heavy atom. The molecule has 0 amide bonds. The van der Waals surface area contributed by atoms with E-state index < -0.39 is 23.0 Å². The lowest BCUT2D eigenvalue weighted by Crippen LogP contribution is -2.71. The molecule has 186 valence electrons. The van der Waals surface area contributed by atoms with Gasteiger partial charge in [0, 0.05) is 17.3 Å². The molecule has 2 N–H and O–H groups in total. The van der Waals surface area contributed by atoms with Crippen LogP contribution in [0.2, 0.25) is 0 Å². The minimum absolute atomic E-state index is 0.0222. The molecule has 0 bridgehead atoms. The first-order chi connectivity index (χ1) is 15.0. The van der Waals surface area contributed by atoms with Crippen LogP contribution in [0.3, 0.4) is 0 Å². The maximum atomic E-state index is 13.0. The van der Waals surface area contributed by atoms with Crippen LogP contribution in [0.4, 0.5) is 0 Å². The molecule has 4 saturated carbocycles. The van der Waals surface area contributed by atoms with Crippen molar-refractivity contribution in [3.63, 3.8) is 0 Å². The van der Waals surface area contributed by atoms with E-state index in [-0.39, 0.29) is 45.7 Å². The largest absolute Gasteiger partial charge is 0.393 e. The molecule has 5 aliphatic carbocycles. The zero-order chi connectivity index (χ0) is 24.4. The molecule has 0 spiro atoms. The van der Waals surface area contributed by atoms with E-state index in [1.807, 2.05) is 0 Å². The number of ketones is 1. The van der Waals surface area contributed by atoms with E-state index >= 15 is 0 Å². The van der Waals surface area contributed by atoms with E-state index in [4.69, 9.17) is 0 Å². The molecular formula is C30H48O3. The summed E-state index contributed by atoms with van der Waals surface area (Å²) in [6.45, 7) is 18.6. The average molecular weight is 457 g/mol. The third-order valence-electron chi connectivity index (χ3n) is 12.8. The fraction of sp³-hybridized carbons (Fsp3) is 0.900. The van der Waals surface area contributed by atoms with Gasteiger partial charge in [0.25, 0.3) is 0 Å². The number of allylic oxidation sites excluding steroid dienone is 2. The van der Waals surface area contributed by atoms with Gasteiger partial charge in [0.1, 0.15) is 5.78 Å². The molecule has 5 aliphatic rings. The molecule has 0 radical (unpaired) electrons. The smallest absolute Gasteiger partial charge is 0.141 e. The van der Waals surface area contributed by atoms with Gasteiger partial charge in [-0.1, -0.05) is 67.0 Å². The number of carbonyl (C=O) groups is 1. The van der Waals surface area contributed by atoms with Gasteiger partial charge in [-0.15, -0.1) is 0 Å². The summed E-state index contributed by atoms with van der Waals surface area (Å²) >= 11 is 0. The summed E-state index contributed by atoms with van der Waals surface area (Å²) in [7, 11) is 0. The molecule has 0 saturated heterocycles. The van der Waals surface area contributed by atoms with Crippen molar-refractivity contribution in [3.8, 4) is 0 Å². The second-order valence-corrected chi connectivity index (χ2v) is 15.1. The number of fused-ring (bicyclic) bond motifs is 7. The fourth-order valence-corrected chi connectivity index (χ4v) is 10.4. The molecule has 0 heterocycles. The minimum atomic E-state index is -0.663. The van der Waals surface area contributed by atoms with Crippen LogP contribution < -0.4 is 0 Å². The molecule has 0 aromatic carbocycles. The zero-order valence-electron chi connectivity index (χ0n) is 22.4. The first-order valence-corrected chi connectivity index (χ1v) is 13.7. The molecule has 3 heteroatoms. The molecule has 3 nitrogen and oxygen atoms in total. The normalized spacial score (nSPS) is 54.9. The highest BCUT2D eigenvalue weighted by molar-refractivity contribution is 5.86. The van der Waals surface area contributed by atoms with Crippen molar-refractivity contribution in [2.75, 3.05) is 0 Å². The first-order valence-electron chi connectivity index (χ1n) is 13.7. The third-order valence-corrected chi connectivity index (χ3v) is 12.8. The Morgan fingerprint density at radius 2 is 1.48 bits per heavy atom. The topological polar surface area (TPSA) is 57.5 Å². The molecule has 5 rings (SSSR count). The van der Waals surface area contributed by atoms with Gasteiger partial charge in [0.2, 0.25) is 0 Å². The number of aliphatic hydroxyl groups excluding tert-OH is 2. The Bertz CT molecular complexity index is 900. The predicted octanol–water partition coefficient (Wildman–Crippen LogP) is 6.32. The highest BCUT2D eigenvalue weighted by Gasteiger charge is 2.72. The summed E-state index contributed by atoms with van der Waals surface area (Å²) in [6.07, 6.45) is 9.47. The van der Waals surface area contributed by atoms with Crippen molar-refractivity contribution in [1.29, 1.82) is 0 Å². The van der Waals surface area contributed by atoms with Crippen LogP contribution in [-0.2, 0) is 4.79 Å². The number of Topliss-reactive ketones (excluding diaryl/α,β-unsaturated/α-hetero) is 1. The monoisotopic (exact) mass is 456 g/mol. The first kappa shape index (κ1) is 24.0. The van der Waals surface area contributed by atoms with Crippen LogP contribution in [0, 0.1) is 50.2 Å². The van der Waals surface area contributed by atoms with Gasteiger partial charge in [-0.2, -0.15) is 0 Å². The summed E-state index contributed by atoms with van der Waals surface area (Å²) in [5, 5.41) is 23.4. The Morgan fingerprint density at radius 1 is 0.848 bits per heavy atom. The molecule has 0 aliphatic heterocycles. The zero-order valence-corrected chi connectivity index (χ0v) is 22.4. The van der Waals surface area contributed by atoms with Gasteiger partial charge in [-0.05, 0) is 84.4 Å². The molecule has 9 unspecified atom stereocenters. The van der Waals surface area contributed by atoms with E-state index in [0.717, 1.165) is 19.3 Å². The fourth-order valence-electron chi connectivity index (χ4n) is 10.4. The van der Waals surface area contributed by atoms with E-state index in [9.17, 15) is 15.0 Å². The van der Waals surface area contributed by atoms with Crippen molar-refractivity contribution in [2.24, 2.45) is 50.2 Å². The summed E-state index contributed by atoms with van der Waals surface area (Å²) in [6, 6.07) is 0. The SMILES string of the molecule is CC1(C)C=C2C3CC(O)C4C5(C)C(O)CC(=O)C(C)(C)C5CCC4(C)C3(C)CCC2(C)CC1. The van der Waals surface area contributed by atoms with Crippen molar-refractivity contribution >= 4 is 5.78 Å². The number of aliphatic hydroxyl groups is 2. The van der Waals surface area contributed by atoms with Gasteiger partial charge in [-0.25, -0.2) is 0 Å². The number of hydrogen-bond donors (Lipinski definition) is 2. The maximum absolute atomic E-state index is 13.0. The lowest BCUT2D eigenvalue weighted by molar-refractivity contribution is -0.267. The van der Waals surface area contributed by atoms with Gasteiger partial charge in [-0.3, -0.25) is 4.79 Å². The molecule has 0 aromatic rings. The quantitative estimate of drug-likeness (QED) is 0.419. The van der Waals surface area contributed by atoms with E-state index in [2.05, 4.69) is 61.5 Å². The van der Waals surface area contributed by atoms with Crippen LogP contribution in [0.5, 0.6) is 0 Å². The third kappa shape index (κ3) is 2.85. The van der Waals surface area contributed by atoms with Crippen LogP contribution in [0.1, 0.15) is 107 Å². The highest BCUT2D eigenvalue weighted by atomic mass is 16.3. The number of hydrogen-bond acceptors (Lipinski definition) is 3. The van der Waals surface area contributed by atoms with Crippen LogP contribution >= 0.6 is 0 Å². The summed E-state index contributed by atoms with van der Waals surface area (Å²) in [5.74, 6) is 0.742. The second kappa shape index (κ2) is 6.75. The lowest BCUT2D eigenvalue weighted by atomic mass is 9.32. The highest BCUT2D eigenvalue weighted by Crippen LogP contribution is 2.76. The van der Waals surface area contributed by atoms with Crippen molar-refractivity contribution in [2.45, 2.75) is 119 Å². The number of rotatable bonds is 0. The summed E-state index contributed by atoms with van der Waals surface area (Å²) in [4.78, 5) is 13.0. The number of carbonyl (C=O) groups excluding carboxylic acids is 1. The van der Waals surface area contributed by atoms with Crippen molar-refractivity contribution < 1.29 is 15.0 Å². The molecule has 33 heavy (non-hydrogen) atoms. The van der Waals surface area contributed by atoms with Crippen molar-refractivity contribution in [3.05, 3.63) is 11.6 Å². The summed E-state index contributed by atoms with van der Waals surface area (Å²) in [5.41, 5.74) is 1.30. The van der Waals surface area contributed by atoms with Crippen LogP contribution in [0.25, 0.3) is 0 Å². The van der Waals surface area contributed by atoms with Gasteiger partial charge in [0.15, 0.2) is 0 Å². The van der Waals surface area contributed by atoms with Crippen LogP contribution in [-0.4, -0.2) is 28.2 Å². The van der Waals surface area contributed by atoms with Crippen LogP contribution in [0.15, 0.2) is 11.6 Å². The average Bonchev–Trinajstić information content (AvgIpc) is 2.69. The standard InChI is InChI=1S/C30H48O3/c1-25(2)11-12-27(5)13-14-28(6)18(19(27)17-25)15-20(31)24-29(28,7)10-9-21-26(3,4)22(32)16-23(33)30(21,24)8/h17-18,20-21,23-24,31,33H,9-16H2,1-8H3. The van der Waals surface area contributed by atoms with Gasteiger partial charge >= 0.3 is 0 Å². The molecular weight excluding hydrogens is 408 g/mol. The van der Waals surface area contributed by atoms with Crippen molar-refractivity contribution in [1.82, 2.24) is 0 Å². The Kier molecular flexibility index (Phi) is 4.92. The van der Waals surface area contributed by atoms with E-state index in [1.165, 1.54) is 25.7 Å². The maximum Gasteiger partial charge on any atom is 0.141 e. The lowest BCUT2D eigenvalue weighted by Gasteiger charge is -2.73. The summed E-state index contributed by atoms with van der Waals surface area (Å²) < 4.78 is 0. The van der Waals surface area contributed by atoms with E-state index in [1.54, 1.807) is 5.57 Å². The second-order valence-electron chi connectivity index (χ2n) is 15.1. The predicted molar refractivity (Wildman–Crippen MR) is 132 cm³/mol. The van der Waals surface area contributed by atoms with Gasteiger partial charge in [0.05, 0.1) is 12.2 Å². The Hall–Kier alpha value is -0.670. The molecule has 4 fully saturated rings. The molecule has 9 atom stereocenters. The van der Waals surface area contributed by atoms with Gasteiger partial charge < -0.3 is 10.2 Å².